The maximum Gasteiger partial charge on any atom is 0.235 e. The molecule has 0 aliphatic rings. The van der Waals surface area contributed by atoms with Crippen molar-refractivity contribution in [1.29, 1.82) is 0 Å². The van der Waals surface area contributed by atoms with Crippen LogP contribution in [-0.2, 0) is 26.3 Å². The number of hydrogen-bond acceptors (Lipinski definition) is 7. The van der Waals surface area contributed by atoms with Gasteiger partial charge in [0.05, 0.1) is 13.1 Å². The van der Waals surface area contributed by atoms with Gasteiger partial charge in [0, 0.05) is 33.9 Å². The molecule has 0 fully saturated rings. The van der Waals surface area contributed by atoms with Gasteiger partial charge in [-0.2, -0.15) is 0 Å². The van der Waals surface area contributed by atoms with E-state index in [1.165, 1.54) is 36.2 Å². The van der Waals surface area contributed by atoms with Gasteiger partial charge in [0.2, 0.25) is 12.2 Å². The number of carbonyl (C=O) groups excluding carboxylic acids is 2. The average molecular weight is 344 g/mol. The van der Waals surface area contributed by atoms with E-state index in [1.807, 2.05) is 48.5 Å². The van der Waals surface area contributed by atoms with Crippen molar-refractivity contribution >= 4 is 36.2 Å². The second kappa shape index (κ2) is 9.79. The molecule has 0 saturated heterocycles. The predicted molar refractivity (Wildman–Crippen MR) is 89.3 cm³/mol. The summed E-state index contributed by atoms with van der Waals surface area (Å²) in [5.41, 5.74) is 1.78. The van der Waals surface area contributed by atoms with Gasteiger partial charge < -0.3 is 0 Å². The molecule has 0 amide bonds. The summed E-state index contributed by atoms with van der Waals surface area (Å²) in [7, 11) is 0. The zero-order chi connectivity index (χ0) is 16.3. The first-order valence-corrected chi connectivity index (χ1v) is 8.07. The van der Waals surface area contributed by atoms with E-state index in [2.05, 4.69) is 9.98 Å². The summed E-state index contributed by atoms with van der Waals surface area (Å²) in [6, 6.07) is 15.1. The SMILES string of the molecule is O=C=NCc1ccccc1SOSc1ccccc1CN=C=O. The molecule has 0 aromatic heterocycles. The van der Waals surface area contributed by atoms with Crippen LogP contribution in [0.1, 0.15) is 11.1 Å². The number of aliphatic imine (C=N–C) groups is 2. The van der Waals surface area contributed by atoms with Gasteiger partial charge in [-0.1, -0.05) is 36.4 Å². The normalized spacial score (nSPS) is 9.74. The van der Waals surface area contributed by atoms with Crippen LogP contribution in [0.2, 0.25) is 0 Å². The lowest BCUT2D eigenvalue weighted by molar-refractivity contribution is 0.562. The minimum Gasteiger partial charge on any atom is -0.237 e. The van der Waals surface area contributed by atoms with Crippen molar-refractivity contribution in [2.24, 2.45) is 9.98 Å². The van der Waals surface area contributed by atoms with Crippen LogP contribution in [0.5, 0.6) is 0 Å². The second-order valence-electron chi connectivity index (χ2n) is 4.27. The first kappa shape index (κ1) is 17.2. The van der Waals surface area contributed by atoms with E-state index in [1.54, 1.807) is 0 Å². The molecule has 23 heavy (non-hydrogen) atoms. The lowest BCUT2D eigenvalue weighted by Gasteiger charge is -2.07. The van der Waals surface area contributed by atoms with E-state index >= 15 is 0 Å². The Morgan fingerprint density at radius 2 is 1.22 bits per heavy atom. The smallest absolute Gasteiger partial charge is 0.235 e. The minimum atomic E-state index is 0.269. The molecule has 0 aliphatic heterocycles. The van der Waals surface area contributed by atoms with Gasteiger partial charge >= 0.3 is 0 Å². The van der Waals surface area contributed by atoms with Crippen molar-refractivity contribution in [3.63, 3.8) is 0 Å². The highest BCUT2D eigenvalue weighted by Crippen LogP contribution is 2.33. The van der Waals surface area contributed by atoms with Gasteiger partial charge in [-0.15, -0.1) is 0 Å². The molecule has 0 spiro atoms. The molecule has 2 aromatic rings. The zero-order valence-electron chi connectivity index (χ0n) is 12.0. The number of benzene rings is 2. The third kappa shape index (κ3) is 5.53. The molecule has 0 atom stereocenters. The van der Waals surface area contributed by atoms with Crippen molar-refractivity contribution < 1.29 is 13.2 Å². The van der Waals surface area contributed by atoms with Crippen molar-refractivity contribution in [3.05, 3.63) is 59.7 Å². The monoisotopic (exact) mass is 344 g/mol. The van der Waals surface area contributed by atoms with Crippen molar-refractivity contribution in [1.82, 2.24) is 0 Å². The van der Waals surface area contributed by atoms with E-state index in [-0.39, 0.29) is 13.1 Å². The highest BCUT2D eigenvalue weighted by Gasteiger charge is 2.06. The molecule has 5 nitrogen and oxygen atoms in total. The second-order valence-corrected chi connectivity index (χ2v) is 6.02. The summed E-state index contributed by atoms with van der Waals surface area (Å²) in [5.74, 6) is 0. The van der Waals surface area contributed by atoms with Crippen LogP contribution in [-0.4, -0.2) is 12.2 Å². The van der Waals surface area contributed by atoms with Crippen LogP contribution in [0.3, 0.4) is 0 Å². The molecule has 7 heteroatoms. The van der Waals surface area contributed by atoms with E-state index in [9.17, 15) is 9.59 Å². The summed E-state index contributed by atoms with van der Waals surface area (Å²) in [5, 5.41) is 0. The van der Waals surface area contributed by atoms with Crippen LogP contribution in [0, 0.1) is 0 Å². The topological polar surface area (TPSA) is 68.1 Å². The van der Waals surface area contributed by atoms with Gasteiger partial charge in [-0.3, -0.25) is 0 Å². The van der Waals surface area contributed by atoms with Gasteiger partial charge in [0.25, 0.3) is 0 Å². The third-order valence-corrected chi connectivity index (χ3v) is 4.52. The van der Waals surface area contributed by atoms with E-state index in [0.29, 0.717) is 0 Å². The highest BCUT2D eigenvalue weighted by molar-refractivity contribution is 8.08. The van der Waals surface area contributed by atoms with Crippen molar-refractivity contribution in [2.45, 2.75) is 22.9 Å². The quantitative estimate of drug-likeness (QED) is 0.410. The van der Waals surface area contributed by atoms with Gasteiger partial charge in [-0.05, 0) is 23.3 Å². The van der Waals surface area contributed by atoms with E-state index in [0.717, 1.165) is 20.9 Å². The molecule has 116 valence electrons. The number of nitrogens with zero attached hydrogens (tertiary/aromatic N) is 2. The Kier molecular flexibility index (Phi) is 7.33. The van der Waals surface area contributed by atoms with Gasteiger partial charge in [-0.25, -0.2) is 23.2 Å². The Hall–Kier alpha value is -2.14. The Bertz CT molecular complexity index is 691. The number of isocyanates is 2. The molecule has 2 rings (SSSR count). The molecule has 0 saturated carbocycles. The standard InChI is InChI=1S/C16H12N2O3S2/c19-11-17-9-13-5-1-3-7-15(13)22-21-23-16-8-4-2-6-14(16)10-18-12-20/h1-8H,9-10H2. The van der Waals surface area contributed by atoms with E-state index in [4.69, 9.17) is 3.63 Å². The molecule has 0 bridgehead atoms. The van der Waals surface area contributed by atoms with Crippen molar-refractivity contribution in [3.8, 4) is 0 Å². The molecular formula is C16H12N2O3S2. The van der Waals surface area contributed by atoms with Crippen LogP contribution < -0.4 is 0 Å². The largest absolute Gasteiger partial charge is 0.237 e. The minimum absolute atomic E-state index is 0.269. The number of hydrogen-bond donors (Lipinski definition) is 0. The van der Waals surface area contributed by atoms with E-state index < -0.39 is 0 Å². The average Bonchev–Trinajstić information content (AvgIpc) is 2.60. The Balaban J connectivity index is 2.00. The summed E-state index contributed by atoms with van der Waals surface area (Å²) >= 11 is 2.38. The highest BCUT2D eigenvalue weighted by atomic mass is 32.2. The lowest BCUT2D eigenvalue weighted by Crippen LogP contribution is -1.87. The van der Waals surface area contributed by atoms with Crippen LogP contribution in [0.15, 0.2) is 68.3 Å². The zero-order valence-corrected chi connectivity index (χ0v) is 13.6. The molecule has 2 aromatic carbocycles. The molecular weight excluding hydrogens is 332 g/mol. The lowest BCUT2D eigenvalue weighted by atomic mass is 10.2. The molecule has 0 N–H and O–H groups in total. The fraction of sp³-hybridized carbons (Fsp3) is 0.125. The Labute approximate surface area is 142 Å². The fourth-order valence-corrected chi connectivity index (χ4v) is 3.23. The molecule has 0 heterocycles. The summed E-state index contributed by atoms with van der Waals surface area (Å²) in [6.45, 7) is 0.538. The third-order valence-electron chi connectivity index (χ3n) is 2.82. The Morgan fingerprint density at radius 1 is 0.783 bits per heavy atom. The summed E-state index contributed by atoms with van der Waals surface area (Å²) in [6.07, 6.45) is 3.06. The Morgan fingerprint density at radius 3 is 1.65 bits per heavy atom. The maximum atomic E-state index is 10.2. The van der Waals surface area contributed by atoms with Crippen LogP contribution in [0.4, 0.5) is 0 Å². The maximum absolute atomic E-state index is 10.2. The summed E-state index contributed by atoms with van der Waals surface area (Å²) < 4.78 is 5.60. The predicted octanol–water partition coefficient (Wildman–Crippen LogP) is 4.09. The van der Waals surface area contributed by atoms with Crippen molar-refractivity contribution in [2.75, 3.05) is 0 Å². The number of rotatable bonds is 8. The first-order chi connectivity index (χ1) is 11.3. The first-order valence-electron chi connectivity index (χ1n) is 6.59. The molecule has 0 aliphatic carbocycles. The fourth-order valence-electron chi connectivity index (χ4n) is 1.76. The van der Waals surface area contributed by atoms with Crippen LogP contribution >= 0.6 is 24.1 Å². The molecule has 0 unspecified atom stereocenters. The van der Waals surface area contributed by atoms with Gasteiger partial charge in [0.1, 0.15) is 0 Å². The molecule has 0 radical (unpaired) electrons. The summed E-state index contributed by atoms with van der Waals surface area (Å²) in [4.78, 5) is 29.4. The van der Waals surface area contributed by atoms with Crippen LogP contribution in [0.25, 0.3) is 0 Å². The van der Waals surface area contributed by atoms with Gasteiger partial charge in [0.15, 0.2) is 0 Å².